The third kappa shape index (κ3) is 6.85. The number of amides is 1. The number of benzene rings is 3. The van der Waals surface area contributed by atoms with Crippen LogP contribution in [0.1, 0.15) is 24.1 Å². The first-order valence-electron chi connectivity index (χ1n) is 10.1. The summed E-state index contributed by atoms with van der Waals surface area (Å²) in [5.41, 5.74) is 1.88. The van der Waals surface area contributed by atoms with E-state index in [0.717, 1.165) is 16.0 Å². The Morgan fingerprint density at radius 1 is 0.969 bits per heavy atom. The maximum absolute atomic E-state index is 12.5. The van der Waals surface area contributed by atoms with Gasteiger partial charge in [-0.1, -0.05) is 42.5 Å². The molecule has 1 atom stereocenters. The summed E-state index contributed by atoms with van der Waals surface area (Å²) in [6, 6.07) is 23.1. The molecule has 8 heteroatoms. The van der Waals surface area contributed by atoms with Crippen molar-refractivity contribution < 1.29 is 17.9 Å². The summed E-state index contributed by atoms with van der Waals surface area (Å²) in [5.74, 6) is 0.159. The van der Waals surface area contributed by atoms with E-state index in [-0.39, 0.29) is 30.0 Å². The van der Waals surface area contributed by atoms with Gasteiger partial charge in [0, 0.05) is 11.4 Å². The van der Waals surface area contributed by atoms with Crippen molar-refractivity contribution in [3.63, 3.8) is 0 Å². The average molecular weight is 471 g/mol. The Kier molecular flexibility index (Phi) is 8.33. The van der Waals surface area contributed by atoms with Crippen LogP contribution >= 0.6 is 11.8 Å². The van der Waals surface area contributed by atoms with Gasteiger partial charge in [-0.15, -0.1) is 11.8 Å². The highest BCUT2D eigenvalue weighted by Crippen LogP contribution is 2.19. The van der Waals surface area contributed by atoms with E-state index in [0.29, 0.717) is 5.75 Å². The Balaban J connectivity index is 1.49. The fraction of sp³-hybridized carbons (Fsp3) is 0.208. The van der Waals surface area contributed by atoms with Crippen LogP contribution in [0.4, 0.5) is 0 Å². The number of hydrogen-bond donors (Lipinski definition) is 2. The van der Waals surface area contributed by atoms with Gasteiger partial charge in [-0.3, -0.25) is 4.79 Å². The summed E-state index contributed by atoms with van der Waals surface area (Å²) >= 11 is 1.66. The first-order valence-corrected chi connectivity index (χ1v) is 12.8. The number of ether oxygens (including phenoxy) is 1. The minimum absolute atomic E-state index is 0.132. The molecule has 0 aliphatic heterocycles. The van der Waals surface area contributed by atoms with E-state index < -0.39 is 10.0 Å². The zero-order valence-electron chi connectivity index (χ0n) is 17.9. The lowest BCUT2D eigenvalue weighted by molar-refractivity contribution is -0.123. The zero-order valence-corrected chi connectivity index (χ0v) is 19.6. The van der Waals surface area contributed by atoms with E-state index in [2.05, 4.69) is 10.0 Å². The monoisotopic (exact) mass is 470 g/mol. The van der Waals surface area contributed by atoms with Crippen LogP contribution in [0.15, 0.2) is 88.7 Å². The van der Waals surface area contributed by atoms with Crippen LogP contribution in [0.2, 0.25) is 0 Å². The molecule has 3 rings (SSSR count). The topological polar surface area (TPSA) is 84.5 Å². The molecule has 0 fully saturated rings. The maximum atomic E-state index is 12.5. The Bertz CT molecular complexity index is 1120. The number of nitrogens with one attached hydrogen (secondary N) is 2. The van der Waals surface area contributed by atoms with Crippen molar-refractivity contribution in [2.24, 2.45) is 0 Å². The lowest BCUT2D eigenvalue weighted by Crippen LogP contribution is -2.31. The highest BCUT2D eigenvalue weighted by atomic mass is 32.2. The molecule has 0 saturated carbocycles. The van der Waals surface area contributed by atoms with Crippen LogP contribution in [0.3, 0.4) is 0 Å². The smallest absolute Gasteiger partial charge is 0.258 e. The van der Waals surface area contributed by atoms with Crippen molar-refractivity contribution in [1.29, 1.82) is 0 Å². The molecule has 0 saturated heterocycles. The summed E-state index contributed by atoms with van der Waals surface area (Å²) in [4.78, 5) is 13.5. The van der Waals surface area contributed by atoms with Gasteiger partial charge in [0.2, 0.25) is 10.0 Å². The second kappa shape index (κ2) is 11.2. The van der Waals surface area contributed by atoms with E-state index in [1.54, 1.807) is 11.8 Å². The van der Waals surface area contributed by atoms with Crippen molar-refractivity contribution in [2.75, 3.05) is 12.9 Å². The first kappa shape index (κ1) is 23.8. The van der Waals surface area contributed by atoms with Gasteiger partial charge in [0.1, 0.15) is 5.75 Å². The summed E-state index contributed by atoms with van der Waals surface area (Å²) in [7, 11) is -3.64. The third-order valence-electron chi connectivity index (χ3n) is 4.81. The second-order valence-corrected chi connectivity index (χ2v) is 9.78. The van der Waals surface area contributed by atoms with Crippen molar-refractivity contribution in [3.8, 4) is 5.75 Å². The SMILES string of the molecule is CSc1ccc([C@@H](C)NC(=O)COc2ccc(S(=O)(=O)NCc3ccccc3)cc2)cc1. The average Bonchev–Trinajstić information content (AvgIpc) is 2.82. The molecule has 0 radical (unpaired) electrons. The van der Waals surface area contributed by atoms with Gasteiger partial charge >= 0.3 is 0 Å². The van der Waals surface area contributed by atoms with E-state index >= 15 is 0 Å². The number of thioether (sulfide) groups is 1. The molecule has 1 amide bonds. The number of sulfonamides is 1. The molecule has 6 nitrogen and oxygen atoms in total. The molecule has 0 spiro atoms. The Hall–Kier alpha value is -2.81. The number of carbonyl (C=O) groups is 1. The lowest BCUT2D eigenvalue weighted by Gasteiger charge is -2.15. The van der Waals surface area contributed by atoms with Gasteiger partial charge in [0.05, 0.1) is 10.9 Å². The van der Waals surface area contributed by atoms with Gasteiger partial charge in [-0.05, 0) is 60.7 Å². The Labute approximate surface area is 193 Å². The molecule has 0 heterocycles. The molecule has 32 heavy (non-hydrogen) atoms. The minimum Gasteiger partial charge on any atom is -0.484 e. The van der Waals surface area contributed by atoms with Crippen molar-refractivity contribution >= 4 is 27.7 Å². The van der Waals surface area contributed by atoms with Crippen LogP contribution < -0.4 is 14.8 Å². The summed E-state index contributed by atoms with van der Waals surface area (Å²) in [6.07, 6.45) is 2.01. The molecule has 0 bridgehead atoms. The lowest BCUT2D eigenvalue weighted by atomic mass is 10.1. The molecular formula is C24H26N2O4S2. The van der Waals surface area contributed by atoms with Crippen LogP contribution in [-0.2, 0) is 21.4 Å². The quantitative estimate of drug-likeness (QED) is 0.435. The molecule has 168 valence electrons. The molecule has 0 aliphatic rings. The fourth-order valence-electron chi connectivity index (χ4n) is 2.98. The van der Waals surface area contributed by atoms with Crippen molar-refractivity contribution in [2.45, 2.75) is 29.3 Å². The summed E-state index contributed by atoms with van der Waals surface area (Å²) < 4.78 is 33.0. The Morgan fingerprint density at radius 3 is 2.25 bits per heavy atom. The molecule has 0 unspecified atom stereocenters. The number of carbonyl (C=O) groups excluding carboxylic acids is 1. The summed E-state index contributed by atoms with van der Waals surface area (Å²) in [6.45, 7) is 1.96. The molecule has 3 aromatic carbocycles. The highest BCUT2D eigenvalue weighted by molar-refractivity contribution is 7.98. The minimum atomic E-state index is -3.64. The van der Waals surface area contributed by atoms with Crippen molar-refractivity contribution in [3.05, 3.63) is 90.0 Å². The predicted molar refractivity (Wildman–Crippen MR) is 127 cm³/mol. The van der Waals surface area contributed by atoms with Gasteiger partial charge in [-0.25, -0.2) is 13.1 Å². The van der Waals surface area contributed by atoms with Crippen LogP contribution in [0.25, 0.3) is 0 Å². The van der Waals surface area contributed by atoms with Crippen LogP contribution in [0, 0.1) is 0 Å². The predicted octanol–water partition coefficient (Wildman–Crippen LogP) is 4.14. The largest absolute Gasteiger partial charge is 0.484 e. The van der Waals surface area contributed by atoms with Crippen molar-refractivity contribution in [1.82, 2.24) is 10.0 Å². The van der Waals surface area contributed by atoms with E-state index in [1.807, 2.05) is 67.8 Å². The van der Waals surface area contributed by atoms with E-state index in [1.165, 1.54) is 24.3 Å². The summed E-state index contributed by atoms with van der Waals surface area (Å²) in [5, 5.41) is 2.90. The number of rotatable bonds is 10. The fourth-order valence-corrected chi connectivity index (χ4v) is 4.41. The maximum Gasteiger partial charge on any atom is 0.258 e. The van der Waals surface area contributed by atoms with Gasteiger partial charge in [0.15, 0.2) is 6.61 Å². The molecular weight excluding hydrogens is 444 g/mol. The first-order chi connectivity index (χ1) is 15.4. The van der Waals surface area contributed by atoms with Gasteiger partial charge in [0.25, 0.3) is 5.91 Å². The Morgan fingerprint density at radius 2 is 1.62 bits per heavy atom. The van der Waals surface area contributed by atoms with Crippen LogP contribution in [0.5, 0.6) is 5.75 Å². The molecule has 0 aliphatic carbocycles. The normalized spacial score (nSPS) is 12.2. The molecule has 0 aromatic heterocycles. The van der Waals surface area contributed by atoms with Crippen LogP contribution in [-0.4, -0.2) is 27.2 Å². The third-order valence-corrected chi connectivity index (χ3v) is 6.97. The molecule has 2 N–H and O–H groups in total. The standard InChI is InChI=1S/C24H26N2O4S2/c1-18(20-8-12-22(31-2)13-9-20)26-24(27)17-30-21-10-14-23(15-11-21)32(28,29)25-16-19-6-4-3-5-7-19/h3-15,18,25H,16-17H2,1-2H3,(H,26,27)/t18-/m1/s1. The van der Waals surface area contributed by atoms with Gasteiger partial charge < -0.3 is 10.1 Å². The van der Waals surface area contributed by atoms with E-state index in [4.69, 9.17) is 4.74 Å². The van der Waals surface area contributed by atoms with Gasteiger partial charge in [-0.2, -0.15) is 0 Å². The highest BCUT2D eigenvalue weighted by Gasteiger charge is 2.14. The molecule has 3 aromatic rings. The zero-order chi connectivity index (χ0) is 23.0. The second-order valence-electron chi connectivity index (χ2n) is 7.13. The van der Waals surface area contributed by atoms with E-state index in [9.17, 15) is 13.2 Å². The number of hydrogen-bond acceptors (Lipinski definition) is 5.